The lowest BCUT2D eigenvalue weighted by molar-refractivity contribution is -0.347. The lowest BCUT2D eigenvalue weighted by atomic mass is 9.95. The van der Waals surface area contributed by atoms with Gasteiger partial charge in [0.25, 0.3) is 0 Å². The number of carboxylic acids is 3. The molecule has 26 atom stereocenters. The summed E-state index contributed by atoms with van der Waals surface area (Å²) in [4.78, 5) is 286. The first-order valence-electron chi connectivity index (χ1n) is 47.4. The standard InChI is InChI=1S/C88H140N20O37/c1-8-40(4)65(83(137)104-53(86(140)141)30-39(2)3)106-79(133)51(31-44-17-19-45(114)20-18-44)103-82(136)56-16-13-29-108(56)85(139)50(15-10-12-28-90)101-75(129)46(14-9-11-27-89)100-84(138)66(42(6)142-87-67(95-43(7)113)72(69(124)58(38-112)143-87)145-88-71(126)70(125)68(123)57(37-111)144-88)107-73(127)41(5)94-78(132)52(32-59(91)115)102-80(134)54(35-109)97-62(118)34-92-61(117)33-93-74(128)47(22-25-63(119)120)98-77(131)49(23-26-64(121)122)99-81(135)55(36-110)105-76(130)48-21-24-60(116)96-48/h17-20,39-42,46-58,65-72,87-88,109-112,114,123-126H,8-16,21-38,89-90H2,1-7H3,(H2,91,115)(H,92,117)(H,93,128)(H,94,132)(H,95,113)(H,96,116)(H,97,118)(H,98,131)(H,99,135)(H,100,138)(H,101,129)(H,102,134)(H,103,136)(H,104,137)(H,105,130)(H,106,133)(H,107,127)(H,119,120)(H,121,122)(H,140,141)/t40-,41-,42+,46-,47-,48-,49-,50-,51-,52-,53+,54-,55-,56-,57+,58+,65-,66-,67+,68-,69-,70-,71+,72+,87-,88-/m0/s1. The van der Waals surface area contributed by atoms with Crippen LogP contribution in [0.5, 0.6) is 5.75 Å². The number of primary amides is 1. The number of rotatable bonds is 62. The topological polar surface area (TPSA) is 912 Å². The molecule has 4 heterocycles. The van der Waals surface area contributed by atoms with Crippen LogP contribution in [0.2, 0.25) is 0 Å². The first-order valence-corrected chi connectivity index (χ1v) is 47.4. The Labute approximate surface area is 831 Å². The number of hydrogen-bond acceptors (Lipinski definition) is 36. The van der Waals surface area contributed by atoms with E-state index < -0.39 is 354 Å². The van der Waals surface area contributed by atoms with E-state index in [1.165, 1.54) is 29.2 Å². The molecule has 4 aliphatic heterocycles. The number of nitrogens with one attached hydrogen (secondary N) is 16. The molecular formula is C88H140N20O37. The maximum atomic E-state index is 15.5. The maximum Gasteiger partial charge on any atom is 0.326 e. The summed E-state index contributed by atoms with van der Waals surface area (Å²) in [6.45, 7) is 3.33. The van der Waals surface area contributed by atoms with Crippen molar-refractivity contribution in [1.82, 2.24) is 90.0 Å². The van der Waals surface area contributed by atoms with Gasteiger partial charge in [0.1, 0.15) is 139 Å². The highest BCUT2D eigenvalue weighted by atomic mass is 16.7. The normalized spacial score (nSPS) is 22.6. The lowest BCUT2D eigenvalue weighted by Gasteiger charge is -2.48. The Morgan fingerprint density at radius 1 is 0.517 bits per heavy atom. The molecule has 4 fully saturated rings. The predicted octanol–water partition coefficient (Wildman–Crippen LogP) is -13.5. The first-order chi connectivity index (χ1) is 68.4. The van der Waals surface area contributed by atoms with Crippen LogP contribution in [0.25, 0.3) is 0 Å². The predicted molar refractivity (Wildman–Crippen MR) is 495 cm³/mol. The minimum Gasteiger partial charge on any atom is -0.508 e. The van der Waals surface area contributed by atoms with Crippen molar-refractivity contribution < 1.29 is 181 Å². The average Bonchev–Trinajstić information content (AvgIpc) is 1.29. The SMILES string of the molecule is CC[C@H](C)[C@H](NC(=O)[C@H](Cc1ccc(O)cc1)NC(=O)[C@@H]1CCCN1C(=O)[C@H](CCCCN)NC(=O)[C@H](CCCCN)NC(=O)[C@@H](NC(=O)[C@H](C)NC(=O)[C@H](CC(N)=O)NC(=O)[C@H](CO)NC(=O)CNC(=O)CNC(=O)[C@H](CCC(=O)O)NC(=O)[C@H](CCC(=O)O)NC(=O)[C@H](CO)NC(=O)[C@@H]1CCC(=O)N1)[C@@H](C)O[C@H]1O[C@H](CO)[C@H](O)[C@H](O[C@@H]2O[C@H](CO)[C@H](O)[C@H](O)[C@H]2O)[C@H]1NC(C)=O)C(=O)N[C@H](CC(C)C)C(=O)O. The number of aromatic hydroxyl groups is 1. The summed E-state index contributed by atoms with van der Waals surface area (Å²) in [5.74, 6) is -25.2. The van der Waals surface area contributed by atoms with Crippen LogP contribution in [0.3, 0.4) is 0 Å². The molecule has 4 saturated heterocycles. The molecule has 18 amide bonds. The number of phenols is 1. The van der Waals surface area contributed by atoms with Gasteiger partial charge in [0.05, 0.1) is 52.0 Å². The molecule has 0 aromatic heterocycles. The molecule has 1 aromatic carbocycles. The van der Waals surface area contributed by atoms with Gasteiger partial charge in [-0.2, -0.15) is 0 Å². The summed E-state index contributed by atoms with van der Waals surface area (Å²) in [5, 5.41) is 161. The molecule has 814 valence electrons. The van der Waals surface area contributed by atoms with Gasteiger partial charge < -0.3 is 187 Å². The number of hydrogen-bond donors (Lipinski definition) is 31. The number of nitrogens with two attached hydrogens (primary N) is 3. The maximum absolute atomic E-state index is 15.5. The Kier molecular flexibility index (Phi) is 51.6. The number of carbonyl (C=O) groups excluding carboxylic acids is 18. The minimum atomic E-state index is -2.22. The van der Waals surface area contributed by atoms with Gasteiger partial charge in [-0.1, -0.05) is 46.2 Å². The number of phenolic OH excluding ortho intramolecular Hbond substituents is 1. The van der Waals surface area contributed by atoms with E-state index in [1.807, 2.05) is 5.32 Å². The van der Waals surface area contributed by atoms with Crippen molar-refractivity contribution in [2.45, 2.75) is 316 Å². The second-order valence-corrected chi connectivity index (χ2v) is 35.9. The number of unbranched alkanes of at least 4 members (excludes halogenated alkanes) is 2. The number of ether oxygens (including phenoxy) is 4. The molecule has 57 heteroatoms. The summed E-state index contributed by atoms with van der Waals surface area (Å²) in [6.07, 6.45) is -23.4. The Balaban J connectivity index is 1.43. The highest BCUT2D eigenvalue weighted by Gasteiger charge is 2.54. The molecule has 145 heavy (non-hydrogen) atoms. The van der Waals surface area contributed by atoms with Crippen LogP contribution in [-0.2, 0) is 126 Å². The number of aliphatic carboxylic acids is 3. The minimum absolute atomic E-state index is 0.00637. The molecule has 0 radical (unpaired) electrons. The van der Waals surface area contributed by atoms with Crippen LogP contribution < -0.4 is 102 Å². The Morgan fingerprint density at radius 3 is 1.55 bits per heavy atom. The molecule has 34 N–H and O–H groups in total. The summed E-state index contributed by atoms with van der Waals surface area (Å²) in [6, 6.07) is -20.0. The zero-order chi connectivity index (χ0) is 109. The smallest absolute Gasteiger partial charge is 0.326 e. The number of likely N-dealkylation sites (tertiary alicyclic amines) is 1. The van der Waals surface area contributed by atoms with Crippen molar-refractivity contribution in [3.8, 4) is 5.75 Å². The van der Waals surface area contributed by atoms with Gasteiger partial charge in [0.2, 0.25) is 106 Å². The van der Waals surface area contributed by atoms with Crippen molar-refractivity contribution in [3.05, 3.63) is 29.8 Å². The monoisotopic (exact) mass is 2070 g/mol. The lowest BCUT2D eigenvalue weighted by Crippen LogP contribution is -2.69. The Hall–Kier alpha value is -12.7. The van der Waals surface area contributed by atoms with Crippen molar-refractivity contribution in [2.75, 3.05) is 59.2 Å². The largest absolute Gasteiger partial charge is 0.508 e. The van der Waals surface area contributed by atoms with Gasteiger partial charge in [-0.05, 0) is 134 Å². The average molecular weight is 2070 g/mol. The summed E-state index contributed by atoms with van der Waals surface area (Å²) < 4.78 is 23.8. The van der Waals surface area contributed by atoms with E-state index in [1.54, 1.807) is 27.7 Å². The van der Waals surface area contributed by atoms with E-state index in [2.05, 4.69) is 79.8 Å². The Morgan fingerprint density at radius 2 is 1.01 bits per heavy atom. The fraction of sp³-hybridized carbons (Fsp3) is 0.693. The number of nitrogens with zero attached hydrogens (tertiary/aromatic N) is 1. The summed E-state index contributed by atoms with van der Waals surface area (Å²) in [7, 11) is 0. The molecular weight excluding hydrogens is 1930 g/mol. The molecule has 0 bridgehead atoms. The third-order valence-electron chi connectivity index (χ3n) is 24.0. The van der Waals surface area contributed by atoms with E-state index in [0.717, 1.165) is 20.8 Å². The first kappa shape index (κ1) is 123. The van der Waals surface area contributed by atoms with Gasteiger partial charge in [-0.3, -0.25) is 95.9 Å². The molecule has 0 spiro atoms. The molecule has 0 unspecified atom stereocenters. The van der Waals surface area contributed by atoms with Gasteiger partial charge >= 0.3 is 17.9 Å². The Bertz CT molecular complexity index is 4600. The number of aliphatic hydroxyl groups excluding tert-OH is 8. The number of carbonyl (C=O) groups is 21. The number of benzene rings is 1. The van der Waals surface area contributed by atoms with E-state index in [0.29, 0.717) is 12.0 Å². The van der Waals surface area contributed by atoms with E-state index >= 15 is 14.4 Å². The third-order valence-corrected chi connectivity index (χ3v) is 24.0. The van der Waals surface area contributed by atoms with Crippen LogP contribution in [0.1, 0.15) is 163 Å². The molecule has 1 aromatic rings. The van der Waals surface area contributed by atoms with Crippen LogP contribution in [0.15, 0.2) is 24.3 Å². The molecule has 0 aliphatic carbocycles. The fourth-order valence-corrected chi connectivity index (χ4v) is 15.8. The highest BCUT2D eigenvalue weighted by Crippen LogP contribution is 2.32. The summed E-state index contributed by atoms with van der Waals surface area (Å²) in [5.41, 5.74) is 17.8. The van der Waals surface area contributed by atoms with Gasteiger partial charge in [0, 0.05) is 39.2 Å². The van der Waals surface area contributed by atoms with Crippen molar-refractivity contribution >= 4 is 124 Å². The molecule has 4 aliphatic rings. The van der Waals surface area contributed by atoms with Crippen LogP contribution in [-0.4, -0.2) is 402 Å². The number of carboxylic acid groups (broad SMARTS) is 3. The van der Waals surface area contributed by atoms with E-state index in [-0.39, 0.29) is 108 Å². The summed E-state index contributed by atoms with van der Waals surface area (Å²) >= 11 is 0. The fourth-order valence-electron chi connectivity index (χ4n) is 15.8. The zero-order valence-electron chi connectivity index (χ0n) is 81.2. The van der Waals surface area contributed by atoms with Gasteiger partial charge in [-0.25, -0.2) is 4.79 Å². The molecule has 5 rings (SSSR count). The van der Waals surface area contributed by atoms with Crippen molar-refractivity contribution in [1.29, 1.82) is 0 Å². The second-order valence-electron chi connectivity index (χ2n) is 35.9. The zero-order valence-corrected chi connectivity index (χ0v) is 81.2. The van der Waals surface area contributed by atoms with Crippen LogP contribution in [0.4, 0.5) is 0 Å². The van der Waals surface area contributed by atoms with Crippen LogP contribution in [0, 0.1) is 11.8 Å². The van der Waals surface area contributed by atoms with Crippen molar-refractivity contribution in [2.24, 2.45) is 29.0 Å². The van der Waals surface area contributed by atoms with Gasteiger partial charge in [0.15, 0.2) is 12.6 Å². The number of amides is 18. The van der Waals surface area contributed by atoms with Gasteiger partial charge in [-0.15, -0.1) is 0 Å². The highest BCUT2D eigenvalue weighted by molar-refractivity contribution is 6.02. The molecule has 57 nitrogen and oxygen atoms in total. The van der Waals surface area contributed by atoms with Crippen LogP contribution >= 0.6 is 0 Å². The third kappa shape index (κ3) is 39.3. The quantitative estimate of drug-likeness (QED) is 0.0269. The molecule has 0 saturated carbocycles. The van der Waals surface area contributed by atoms with Crippen molar-refractivity contribution in [3.63, 3.8) is 0 Å². The number of aliphatic hydroxyl groups is 8. The van der Waals surface area contributed by atoms with E-state index in [4.69, 9.17) is 36.1 Å². The second kappa shape index (κ2) is 60.9. The van der Waals surface area contributed by atoms with E-state index in [9.17, 15) is 148 Å².